The summed E-state index contributed by atoms with van der Waals surface area (Å²) in [6.07, 6.45) is 0.175. The van der Waals surface area contributed by atoms with Crippen molar-refractivity contribution < 1.29 is 14.3 Å². The first-order valence-corrected chi connectivity index (χ1v) is 2.74. The summed E-state index contributed by atoms with van der Waals surface area (Å²) in [4.78, 5) is 17.1. The van der Waals surface area contributed by atoms with Gasteiger partial charge in [-0.05, 0) is 4.57 Å². The zero-order valence-electron chi connectivity index (χ0n) is 3.00. The topological polar surface area (TPSA) is 54.4 Å². The highest BCUT2D eigenvalue weighted by molar-refractivity contribution is 7.39. The van der Waals surface area contributed by atoms with Crippen LogP contribution in [0.3, 0.4) is 0 Å². The second-order valence-corrected chi connectivity index (χ2v) is 1.77. The Bertz CT molecular complexity index is 69.2. The molecule has 1 atom stereocenters. The number of carbonyl (C=O) groups is 1. The van der Waals surface area contributed by atoms with E-state index in [2.05, 4.69) is 0 Å². The van der Waals surface area contributed by atoms with Crippen LogP contribution in [-0.2, 0) is 9.36 Å². The van der Waals surface area contributed by atoms with Crippen LogP contribution in [0.25, 0.3) is 0 Å². The van der Waals surface area contributed by atoms with Crippen LogP contribution in [-0.4, -0.2) is 17.3 Å². The zero-order chi connectivity index (χ0) is 4.99. The second-order valence-electron chi connectivity index (χ2n) is 0.701. The van der Waals surface area contributed by atoms with Crippen molar-refractivity contribution in [1.29, 1.82) is 0 Å². The molecular weight excluding hydrogens is 103 g/mol. The third-order valence-electron chi connectivity index (χ3n) is 0.231. The van der Waals surface area contributed by atoms with Crippen LogP contribution in [0.2, 0.25) is 0 Å². The first-order valence-electron chi connectivity index (χ1n) is 1.34. The highest BCUT2D eigenvalue weighted by Crippen LogP contribution is 2.07. The average Bonchev–Trinajstić information content (AvgIpc) is 1.35. The molecule has 0 aliphatic carbocycles. The Balaban J connectivity index is 3.05. The van der Waals surface area contributed by atoms with Gasteiger partial charge < -0.3 is 0 Å². The second kappa shape index (κ2) is 2.94. The molecule has 34 valence electrons. The minimum Gasteiger partial charge on any atom is -0.298 e. The molecule has 0 saturated carbocycles. The van der Waals surface area contributed by atoms with Crippen LogP contribution in [0.15, 0.2) is 0 Å². The molecule has 0 radical (unpaired) electrons. The standard InChI is InChI=1S/C2H3O3P/c3-1-2-6(4)5/h1H,2H2/p+1. The van der Waals surface area contributed by atoms with Crippen molar-refractivity contribution in [1.82, 2.24) is 0 Å². The molecule has 0 bridgehead atoms. The van der Waals surface area contributed by atoms with Crippen molar-refractivity contribution in [3.8, 4) is 0 Å². The number of aldehydes is 1. The number of carbonyl (C=O) groups excluding carboxylic acids is 1. The van der Waals surface area contributed by atoms with E-state index < -0.39 is 8.03 Å². The molecular formula is C2H4O3P+. The predicted octanol–water partition coefficient (Wildman–Crippen LogP) is -0.0800. The van der Waals surface area contributed by atoms with Crippen LogP contribution < -0.4 is 0 Å². The lowest BCUT2D eigenvalue weighted by Gasteiger charge is -1.54. The Hall–Kier alpha value is -0.270. The van der Waals surface area contributed by atoms with Gasteiger partial charge in [0.25, 0.3) is 0 Å². The van der Waals surface area contributed by atoms with Gasteiger partial charge >= 0.3 is 8.03 Å². The van der Waals surface area contributed by atoms with E-state index in [1.165, 1.54) is 0 Å². The molecule has 1 unspecified atom stereocenters. The molecule has 0 aromatic carbocycles. The molecule has 6 heavy (non-hydrogen) atoms. The number of rotatable bonds is 2. The van der Waals surface area contributed by atoms with E-state index in [0.717, 1.165) is 0 Å². The van der Waals surface area contributed by atoms with Crippen molar-refractivity contribution in [2.24, 2.45) is 0 Å². The van der Waals surface area contributed by atoms with Gasteiger partial charge in [0.15, 0.2) is 6.29 Å². The van der Waals surface area contributed by atoms with E-state index in [9.17, 15) is 9.36 Å². The number of hydrogen-bond acceptors (Lipinski definition) is 2. The minimum atomic E-state index is -2.22. The summed E-state index contributed by atoms with van der Waals surface area (Å²) in [5.41, 5.74) is 0. The molecule has 0 aromatic heterocycles. The lowest BCUT2D eigenvalue weighted by Crippen LogP contribution is -1.72. The highest BCUT2D eigenvalue weighted by Gasteiger charge is 2.04. The summed E-state index contributed by atoms with van der Waals surface area (Å²) in [6.45, 7) is 0. The predicted molar refractivity (Wildman–Crippen MR) is 20.8 cm³/mol. The zero-order valence-corrected chi connectivity index (χ0v) is 3.89. The molecule has 0 fully saturated rings. The third kappa shape index (κ3) is 3.73. The fourth-order valence-corrected chi connectivity index (χ4v) is 0.191. The smallest absolute Gasteiger partial charge is 0.298 e. The lowest BCUT2D eigenvalue weighted by molar-refractivity contribution is -0.105. The van der Waals surface area contributed by atoms with Crippen molar-refractivity contribution in [3.63, 3.8) is 0 Å². The van der Waals surface area contributed by atoms with Crippen LogP contribution >= 0.6 is 8.03 Å². The van der Waals surface area contributed by atoms with Gasteiger partial charge in [-0.3, -0.25) is 4.79 Å². The SMILES string of the molecule is O=CC[P+](=O)O. The van der Waals surface area contributed by atoms with E-state index in [4.69, 9.17) is 4.89 Å². The maximum atomic E-state index is 9.52. The van der Waals surface area contributed by atoms with E-state index in [-0.39, 0.29) is 6.16 Å². The molecule has 0 spiro atoms. The Morgan fingerprint density at radius 2 is 2.33 bits per heavy atom. The van der Waals surface area contributed by atoms with Gasteiger partial charge in [0.05, 0.1) is 0 Å². The summed E-state index contributed by atoms with van der Waals surface area (Å²) >= 11 is 0. The molecule has 0 heterocycles. The minimum absolute atomic E-state index is 0.241. The van der Waals surface area contributed by atoms with Gasteiger partial charge in [-0.1, -0.05) is 0 Å². The molecule has 1 N–H and O–H groups in total. The van der Waals surface area contributed by atoms with Gasteiger partial charge in [-0.2, -0.15) is 4.89 Å². The van der Waals surface area contributed by atoms with E-state index in [0.29, 0.717) is 6.29 Å². The van der Waals surface area contributed by atoms with Crippen molar-refractivity contribution in [2.45, 2.75) is 0 Å². The Morgan fingerprint density at radius 3 is 2.33 bits per heavy atom. The van der Waals surface area contributed by atoms with Crippen LogP contribution in [0.4, 0.5) is 0 Å². The Labute approximate surface area is 35.9 Å². The molecule has 0 amide bonds. The normalized spacial score (nSPS) is 10.5. The van der Waals surface area contributed by atoms with E-state index >= 15 is 0 Å². The van der Waals surface area contributed by atoms with Gasteiger partial charge in [0, 0.05) is 0 Å². The third-order valence-corrected chi connectivity index (χ3v) is 0.692. The van der Waals surface area contributed by atoms with Crippen molar-refractivity contribution in [2.75, 3.05) is 6.16 Å². The van der Waals surface area contributed by atoms with Crippen molar-refractivity contribution in [3.05, 3.63) is 0 Å². The Morgan fingerprint density at radius 1 is 1.83 bits per heavy atom. The average molecular weight is 107 g/mol. The molecule has 0 aliphatic heterocycles. The monoisotopic (exact) mass is 107 g/mol. The molecule has 0 aromatic rings. The molecule has 0 aliphatic rings. The first kappa shape index (κ1) is 5.73. The van der Waals surface area contributed by atoms with Crippen LogP contribution in [0, 0.1) is 0 Å². The maximum Gasteiger partial charge on any atom is 0.513 e. The van der Waals surface area contributed by atoms with Crippen LogP contribution in [0.1, 0.15) is 0 Å². The summed E-state index contributed by atoms with van der Waals surface area (Å²) < 4.78 is 9.52. The largest absolute Gasteiger partial charge is 0.513 e. The van der Waals surface area contributed by atoms with Gasteiger partial charge in [-0.25, -0.2) is 0 Å². The van der Waals surface area contributed by atoms with Crippen molar-refractivity contribution >= 4 is 14.3 Å². The maximum absolute atomic E-state index is 9.52. The summed E-state index contributed by atoms with van der Waals surface area (Å²) in [6, 6.07) is 0. The van der Waals surface area contributed by atoms with Gasteiger partial charge in [0.2, 0.25) is 6.16 Å². The molecule has 4 heteroatoms. The van der Waals surface area contributed by atoms with Crippen LogP contribution in [0.5, 0.6) is 0 Å². The summed E-state index contributed by atoms with van der Waals surface area (Å²) in [7, 11) is -2.22. The van der Waals surface area contributed by atoms with Gasteiger partial charge in [0.1, 0.15) is 0 Å². The molecule has 3 nitrogen and oxygen atoms in total. The first-order chi connectivity index (χ1) is 2.77. The van der Waals surface area contributed by atoms with Gasteiger partial charge in [-0.15, -0.1) is 0 Å². The quantitative estimate of drug-likeness (QED) is 0.396. The number of hydrogen-bond donors (Lipinski definition) is 1. The Kier molecular flexibility index (Phi) is 2.81. The summed E-state index contributed by atoms with van der Waals surface area (Å²) in [5, 5.41) is 0. The fraction of sp³-hybridized carbons (Fsp3) is 0.500. The fourth-order valence-electron chi connectivity index (χ4n) is 0.0638. The lowest BCUT2D eigenvalue weighted by atomic mass is 10.9. The summed E-state index contributed by atoms with van der Waals surface area (Å²) in [5.74, 6) is 0. The molecule has 0 saturated heterocycles. The highest BCUT2D eigenvalue weighted by atomic mass is 31.1. The molecule has 0 rings (SSSR count). The van der Waals surface area contributed by atoms with E-state index in [1.807, 2.05) is 0 Å². The van der Waals surface area contributed by atoms with E-state index in [1.54, 1.807) is 0 Å².